The Bertz CT molecular complexity index is 1750. The number of pyridine rings is 1. The standard InChI is InChI=1S/C33H28N4O4/c1-21-10-9-11-22(2)30(21)35-32(38)31(24-16-18-25(19-17-24)37(40)41)36(3)33(39)27-20-29(23-12-5-4-6-13-23)34-28-15-8-7-14-26(27)28/h4-20,31H,1-3H3,(H,35,38)/t31-/m1/s1. The molecule has 0 bridgehead atoms. The summed E-state index contributed by atoms with van der Waals surface area (Å²) >= 11 is 0. The van der Waals surface area contributed by atoms with Crippen molar-refractivity contribution in [3.8, 4) is 11.3 Å². The first-order valence-electron chi connectivity index (χ1n) is 13.1. The lowest BCUT2D eigenvalue weighted by atomic mass is 10.00. The first-order chi connectivity index (χ1) is 19.7. The number of likely N-dealkylation sites (N-methyl/N-ethyl adjacent to an activating group) is 1. The lowest BCUT2D eigenvalue weighted by Gasteiger charge is -2.29. The molecule has 0 fully saturated rings. The van der Waals surface area contributed by atoms with Crippen molar-refractivity contribution >= 4 is 34.1 Å². The second-order valence-corrected chi connectivity index (χ2v) is 9.86. The topological polar surface area (TPSA) is 105 Å². The van der Waals surface area contributed by atoms with E-state index in [-0.39, 0.29) is 11.6 Å². The van der Waals surface area contributed by atoms with Crippen LogP contribution in [0.15, 0.2) is 103 Å². The third-order valence-electron chi connectivity index (χ3n) is 7.12. The summed E-state index contributed by atoms with van der Waals surface area (Å²) in [5.74, 6) is -0.825. The number of amides is 2. The normalized spacial score (nSPS) is 11.6. The maximum absolute atomic E-state index is 14.2. The lowest BCUT2D eigenvalue weighted by Crippen LogP contribution is -2.39. The molecule has 204 valence electrons. The van der Waals surface area contributed by atoms with E-state index in [2.05, 4.69) is 5.32 Å². The number of nitro benzene ring substituents is 1. The maximum atomic E-state index is 14.2. The molecule has 0 saturated heterocycles. The molecule has 1 atom stereocenters. The van der Waals surface area contributed by atoms with Crippen LogP contribution in [0.5, 0.6) is 0 Å². The van der Waals surface area contributed by atoms with Crippen LogP contribution in [-0.2, 0) is 4.79 Å². The fraction of sp³-hybridized carbons (Fsp3) is 0.121. The molecule has 4 aromatic carbocycles. The molecule has 1 heterocycles. The van der Waals surface area contributed by atoms with Crippen molar-refractivity contribution in [2.24, 2.45) is 0 Å². The molecule has 0 spiro atoms. The molecule has 0 aliphatic carbocycles. The molecule has 5 aromatic rings. The smallest absolute Gasteiger partial charge is 0.269 e. The highest BCUT2D eigenvalue weighted by molar-refractivity contribution is 6.09. The number of aromatic nitrogens is 1. The molecule has 0 saturated carbocycles. The van der Waals surface area contributed by atoms with Gasteiger partial charge in [-0.3, -0.25) is 19.7 Å². The number of carbonyl (C=O) groups is 2. The number of nitro groups is 1. The predicted molar refractivity (Wildman–Crippen MR) is 160 cm³/mol. The number of benzene rings is 4. The Morgan fingerprint density at radius 2 is 1.49 bits per heavy atom. The summed E-state index contributed by atoms with van der Waals surface area (Å²) < 4.78 is 0. The van der Waals surface area contributed by atoms with Crippen molar-refractivity contribution < 1.29 is 14.5 Å². The van der Waals surface area contributed by atoms with Crippen LogP contribution in [0.3, 0.4) is 0 Å². The van der Waals surface area contributed by atoms with E-state index in [1.807, 2.05) is 86.6 Å². The van der Waals surface area contributed by atoms with Gasteiger partial charge in [0.1, 0.15) is 6.04 Å². The van der Waals surface area contributed by atoms with Crippen LogP contribution in [0.2, 0.25) is 0 Å². The van der Waals surface area contributed by atoms with Gasteiger partial charge in [-0.1, -0.05) is 66.7 Å². The summed E-state index contributed by atoms with van der Waals surface area (Å²) in [6.07, 6.45) is 0. The van der Waals surface area contributed by atoms with Gasteiger partial charge >= 0.3 is 0 Å². The molecule has 41 heavy (non-hydrogen) atoms. The molecular weight excluding hydrogens is 516 g/mol. The highest BCUT2D eigenvalue weighted by Crippen LogP contribution is 2.31. The fourth-order valence-corrected chi connectivity index (χ4v) is 4.95. The van der Waals surface area contributed by atoms with E-state index in [0.717, 1.165) is 16.7 Å². The fourth-order valence-electron chi connectivity index (χ4n) is 4.95. The van der Waals surface area contributed by atoms with Crippen molar-refractivity contribution in [1.29, 1.82) is 0 Å². The number of anilines is 1. The minimum Gasteiger partial charge on any atom is -0.326 e. The number of nitrogens with zero attached hydrogens (tertiary/aromatic N) is 3. The van der Waals surface area contributed by atoms with Gasteiger partial charge in [0.05, 0.1) is 21.7 Å². The van der Waals surface area contributed by atoms with Gasteiger partial charge in [-0.15, -0.1) is 0 Å². The molecule has 0 aliphatic heterocycles. The molecule has 1 aromatic heterocycles. The van der Waals surface area contributed by atoms with Crippen LogP contribution in [-0.4, -0.2) is 33.7 Å². The van der Waals surface area contributed by atoms with Gasteiger partial charge in [0.25, 0.3) is 17.5 Å². The number of rotatable bonds is 7. The van der Waals surface area contributed by atoms with E-state index in [0.29, 0.717) is 33.4 Å². The Morgan fingerprint density at radius 1 is 0.854 bits per heavy atom. The molecule has 0 aliphatic rings. The lowest BCUT2D eigenvalue weighted by molar-refractivity contribution is -0.384. The molecule has 5 rings (SSSR count). The maximum Gasteiger partial charge on any atom is 0.269 e. The highest BCUT2D eigenvalue weighted by atomic mass is 16.6. The van der Waals surface area contributed by atoms with Gasteiger partial charge in [0, 0.05) is 35.8 Å². The predicted octanol–water partition coefficient (Wildman–Crippen LogP) is 6.88. The zero-order chi connectivity index (χ0) is 29.1. The van der Waals surface area contributed by atoms with Crippen LogP contribution < -0.4 is 5.32 Å². The number of para-hydroxylation sites is 2. The summed E-state index contributed by atoms with van der Waals surface area (Å²) in [5, 5.41) is 14.9. The highest BCUT2D eigenvalue weighted by Gasteiger charge is 2.31. The largest absolute Gasteiger partial charge is 0.326 e. The molecular formula is C33H28N4O4. The Labute approximate surface area is 237 Å². The SMILES string of the molecule is Cc1cccc(C)c1NC(=O)[C@@H](c1ccc([N+](=O)[O-])cc1)N(C)C(=O)c1cc(-c2ccccc2)nc2ccccc12. The first kappa shape index (κ1) is 27.2. The van der Waals surface area contributed by atoms with E-state index in [9.17, 15) is 19.7 Å². The number of nitrogens with one attached hydrogen (secondary N) is 1. The van der Waals surface area contributed by atoms with Crippen molar-refractivity contribution in [2.75, 3.05) is 12.4 Å². The zero-order valence-electron chi connectivity index (χ0n) is 22.9. The van der Waals surface area contributed by atoms with Gasteiger partial charge < -0.3 is 10.2 Å². The van der Waals surface area contributed by atoms with Crippen LogP contribution in [0, 0.1) is 24.0 Å². The Kier molecular flexibility index (Phi) is 7.56. The third-order valence-corrected chi connectivity index (χ3v) is 7.12. The Hall–Kier alpha value is -5.37. The van der Waals surface area contributed by atoms with Crippen molar-refractivity contribution in [3.05, 3.63) is 135 Å². The van der Waals surface area contributed by atoms with Crippen LogP contribution in [0.25, 0.3) is 22.2 Å². The van der Waals surface area contributed by atoms with Gasteiger partial charge in [-0.25, -0.2) is 4.98 Å². The number of hydrogen-bond acceptors (Lipinski definition) is 5. The number of aryl methyl sites for hydroxylation is 2. The van der Waals surface area contributed by atoms with E-state index >= 15 is 0 Å². The van der Waals surface area contributed by atoms with E-state index in [1.54, 1.807) is 13.1 Å². The summed E-state index contributed by atoms with van der Waals surface area (Å²) in [7, 11) is 1.57. The molecule has 8 heteroatoms. The third kappa shape index (κ3) is 5.53. The molecule has 1 N–H and O–H groups in total. The minimum atomic E-state index is -1.07. The zero-order valence-corrected chi connectivity index (χ0v) is 22.9. The average Bonchev–Trinajstić information content (AvgIpc) is 2.99. The monoisotopic (exact) mass is 544 g/mol. The molecule has 0 radical (unpaired) electrons. The van der Waals surface area contributed by atoms with E-state index in [1.165, 1.54) is 29.2 Å². The van der Waals surface area contributed by atoms with Gasteiger partial charge in [-0.2, -0.15) is 0 Å². The van der Waals surface area contributed by atoms with Crippen LogP contribution >= 0.6 is 0 Å². The molecule has 8 nitrogen and oxygen atoms in total. The molecule has 2 amide bonds. The number of non-ortho nitro benzene ring substituents is 1. The summed E-state index contributed by atoms with van der Waals surface area (Å²) in [6.45, 7) is 3.79. The molecule has 0 unspecified atom stereocenters. The van der Waals surface area contributed by atoms with E-state index < -0.39 is 16.9 Å². The number of hydrogen-bond donors (Lipinski definition) is 1. The van der Waals surface area contributed by atoms with Gasteiger partial charge in [-0.05, 0) is 54.8 Å². The minimum absolute atomic E-state index is 0.107. The summed E-state index contributed by atoms with van der Waals surface area (Å²) in [6, 6.07) is 29.0. The van der Waals surface area contributed by atoms with Gasteiger partial charge in [0.2, 0.25) is 0 Å². The van der Waals surface area contributed by atoms with Crippen LogP contribution in [0.1, 0.15) is 33.1 Å². The van der Waals surface area contributed by atoms with Crippen molar-refractivity contribution in [3.63, 3.8) is 0 Å². The second-order valence-electron chi connectivity index (χ2n) is 9.86. The Morgan fingerprint density at radius 3 is 2.15 bits per heavy atom. The van der Waals surface area contributed by atoms with Crippen LogP contribution in [0.4, 0.5) is 11.4 Å². The van der Waals surface area contributed by atoms with Crippen molar-refractivity contribution in [2.45, 2.75) is 19.9 Å². The summed E-state index contributed by atoms with van der Waals surface area (Å²) in [5.41, 5.74) is 5.28. The number of fused-ring (bicyclic) bond motifs is 1. The number of carbonyl (C=O) groups excluding carboxylic acids is 2. The van der Waals surface area contributed by atoms with Crippen molar-refractivity contribution in [1.82, 2.24) is 9.88 Å². The quantitative estimate of drug-likeness (QED) is 0.178. The average molecular weight is 545 g/mol. The Balaban J connectivity index is 1.60. The van der Waals surface area contributed by atoms with E-state index in [4.69, 9.17) is 4.98 Å². The second kappa shape index (κ2) is 11.4. The van der Waals surface area contributed by atoms with Gasteiger partial charge in [0.15, 0.2) is 0 Å². The first-order valence-corrected chi connectivity index (χ1v) is 13.1. The summed E-state index contributed by atoms with van der Waals surface area (Å²) in [4.78, 5) is 45.1.